The number of rotatable bonds is 41. The van der Waals surface area contributed by atoms with Crippen molar-refractivity contribution >= 4 is 146 Å². The molecule has 0 amide bonds. The third-order valence-corrected chi connectivity index (χ3v) is 30.9. The SMILES string of the molecule is Cc1cn(C2CC(OP(=O)(O)OCC3OC(n4cnc5c(=O)[nH]c(N)nc54)CC3OP(=O)(O)OCC3OC(n4cnc5c(=O)[nH]c(N)nc54)CC3OP(=O)(O)OCC3OC(n4cnc5c(=O)[nH]c(N)nc54)CC3OP(O)(=S)OCC3OC(n4cnc5c(N)ncnc54)CC3OP(O)(=S)OCC3OC(n4cnc5c(=O)[nH]c(N)nc54)CC3O)C(COCc3ccc(OCc4ccccc4)c(OCc4ccccc4)c3)O2)c(=O)[nH]c1=O. The molecule has 68 heteroatoms. The number of H-pyrrole nitrogens is 5. The van der Waals surface area contributed by atoms with Crippen molar-refractivity contribution in [2.75, 3.05) is 68.3 Å². The molecule has 3 aromatic carbocycles. The van der Waals surface area contributed by atoms with Gasteiger partial charge in [0.05, 0.1) is 96.2 Å². The number of nitrogen functional groups attached to an aromatic ring is 5. The molecular weight excluding hydrogens is 2110 g/mol. The van der Waals surface area contributed by atoms with E-state index in [1.165, 1.54) is 54.9 Å². The molecule has 149 heavy (non-hydrogen) atoms. The van der Waals surface area contributed by atoms with Crippen LogP contribution in [0.5, 0.6) is 11.5 Å². The second-order valence-corrected chi connectivity index (χ2v) is 44.6. The van der Waals surface area contributed by atoms with Gasteiger partial charge in [-0.15, -0.1) is 0 Å². The Hall–Kier alpha value is -12.0. The molecule has 61 nitrogen and oxygen atoms in total. The van der Waals surface area contributed by atoms with Crippen molar-refractivity contribution in [3.63, 3.8) is 0 Å². The van der Waals surface area contributed by atoms with Gasteiger partial charge in [-0.25, -0.2) is 53.4 Å². The van der Waals surface area contributed by atoms with Crippen LogP contribution in [-0.4, -0.2) is 250 Å². The minimum Gasteiger partial charge on any atom is -0.485 e. The van der Waals surface area contributed by atoms with Gasteiger partial charge in [0.1, 0.15) is 117 Å². The first-order valence-electron chi connectivity index (χ1n) is 45.3. The van der Waals surface area contributed by atoms with E-state index in [1.54, 1.807) is 18.2 Å². The lowest BCUT2D eigenvalue weighted by molar-refractivity contribution is -0.0711. The molecule has 23 atom stereocenters. The van der Waals surface area contributed by atoms with E-state index in [4.69, 9.17) is 140 Å². The maximum atomic E-state index is 14.9. The Bertz CT molecular complexity index is 8020. The number of nitrogens with zero attached hydrogens (tertiary/aromatic N) is 17. The average molecular weight is 2210 g/mol. The molecule has 0 aliphatic carbocycles. The van der Waals surface area contributed by atoms with Crippen LogP contribution >= 0.6 is 36.9 Å². The summed E-state index contributed by atoms with van der Waals surface area (Å²) in [5, 5.41) is 11.2. The summed E-state index contributed by atoms with van der Waals surface area (Å²) in [7, 11) is -16.8. The van der Waals surface area contributed by atoms with Gasteiger partial charge in [0.15, 0.2) is 67.6 Å². The molecule has 0 spiro atoms. The summed E-state index contributed by atoms with van der Waals surface area (Å²) in [5.74, 6) is -0.502. The number of fused-ring (bicyclic) bond motifs is 5. The quantitative estimate of drug-likeness (QED) is 0.0245. The minimum absolute atomic E-state index is 0.00958. The molecule has 6 aliphatic rings. The maximum Gasteiger partial charge on any atom is 0.472 e. The Balaban J connectivity index is 0.526. The highest BCUT2D eigenvalue weighted by atomic mass is 32.5. The molecule has 6 saturated heterocycles. The fourth-order valence-corrected chi connectivity index (χ4v) is 23.5. The molecule has 23 unspecified atom stereocenters. The summed E-state index contributed by atoms with van der Waals surface area (Å²) in [5.41, 5.74) is 27.0. The molecule has 21 N–H and O–H groups in total. The van der Waals surface area contributed by atoms with Gasteiger partial charge in [-0.05, 0) is 59.4 Å². The predicted molar refractivity (Wildman–Crippen MR) is 517 cm³/mol. The van der Waals surface area contributed by atoms with Crippen LogP contribution in [0.25, 0.3) is 55.8 Å². The first-order valence-corrected chi connectivity index (χ1v) is 55.0. The molecular formula is C81H92N27O34P5S2. The number of aryl methyl sites for hydroxylation is 1. The number of hydrogen-bond donors (Lipinski definition) is 16. The van der Waals surface area contributed by atoms with Crippen molar-refractivity contribution in [2.45, 2.75) is 176 Å². The molecule has 0 saturated carbocycles. The standard InChI is InChI=1S/C81H92N27O34P5S2/c1-37-21-103(81(115)102-72(37)110)56-16-44(50(133-56)25-124-22-40-12-13-42(125-23-38-8-4-2-5-9-38)43(14-40)126-24-39-10-6-3-7-11-39)138-143(116,117)127-27-51-45(17-58(134-51)106-34-91-63-69(106)95-78(84)99-74(63)112)139-144(118,119)128-28-52-46(18-59(135-52)107-35-92-64-70(107)96-79(85)100-75(64)113)140-145(120,121)129-29-53-47(20-60(136-53)108-36-93-65-71(108)97-80(86)101-76(65)114)141-147(123,149)131-30-54-48(19-57(137-54)104-32-89-61-66(82)87-31-88-67(61)104)142-146(122,148)130-26-49-41(109)15-55(132-49)105-33-90-62-68(105)94-77(83)98-73(62)111/h2-14,21,31-36,41,44-60,109H,15-20,22-30H2,1H3,(H,116,117)(H,118,119)(H,120,121)(H,122,148)(H,123,149)(H2,82,87,88)(H,102,110,115)(H3,83,94,98,111)(H3,84,95,99,112)(H3,85,96,100,113)(H3,86,97,101,114). The van der Waals surface area contributed by atoms with Crippen molar-refractivity contribution in [1.29, 1.82) is 0 Å². The predicted octanol–water partition coefficient (Wildman–Crippen LogP) is 2.33. The lowest BCUT2D eigenvalue weighted by atomic mass is 10.2. The second kappa shape index (κ2) is 42.7. The van der Waals surface area contributed by atoms with E-state index in [0.717, 1.165) is 34.7 Å². The fraction of sp³-hybridized carbons (Fsp3) is 0.420. The van der Waals surface area contributed by atoms with E-state index in [0.29, 0.717) is 17.1 Å². The Morgan fingerprint density at radius 3 is 1.13 bits per heavy atom. The van der Waals surface area contributed by atoms with Crippen molar-refractivity contribution in [3.8, 4) is 11.5 Å². The number of anilines is 5. The number of imidazole rings is 5. The number of nitrogens with one attached hydrogen (secondary N) is 5. The van der Waals surface area contributed by atoms with Gasteiger partial charge in [0.25, 0.3) is 27.8 Å². The Morgan fingerprint density at radius 1 is 0.376 bits per heavy atom. The van der Waals surface area contributed by atoms with Crippen LogP contribution in [0.2, 0.25) is 0 Å². The maximum absolute atomic E-state index is 14.9. The van der Waals surface area contributed by atoms with Crippen LogP contribution in [0, 0.1) is 6.92 Å². The van der Waals surface area contributed by atoms with Crippen LogP contribution in [0.4, 0.5) is 29.6 Å². The van der Waals surface area contributed by atoms with E-state index < -0.39 is 227 Å². The Morgan fingerprint density at radius 2 is 0.718 bits per heavy atom. The zero-order chi connectivity index (χ0) is 104. The largest absolute Gasteiger partial charge is 0.485 e. The van der Waals surface area contributed by atoms with Crippen LogP contribution < -0.4 is 71.6 Å². The van der Waals surface area contributed by atoms with Gasteiger partial charge >= 0.3 is 42.6 Å². The summed E-state index contributed by atoms with van der Waals surface area (Å²) in [4.78, 5) is 196. The highest BCUT2D eigenvalue weighted by molar-refractivity contribution is 8.07. The fourth-order valence-electron chi connectivity index (χ4n) is 17.7. The normalized spacial score (nSPS) is 26.2. The van der Waals surface area contributed by atoms with Gasteiger partial charge in [0.2, 0.25) is 23.8 Å². The number of aliphatic hydroxyl groups excluding tert-OH is 1. The molecule has 14 aromatic rings. The van der Waals surface area contributed by atoms with Crippen LogP contribution in [-0.2, 0) is 136 Å². The molecule has 792 valence electrons. The topological polar surface area (TPSA) is 831 Å². The third kappa shape index (κ3) is 23.4. The van der Waals surface area contributed by atoms with Crippen LogP contribution in [0.15, 0.2) is 152 Å². The zero-order valence-electron chi connectivity index (χ0n) is 77.2. The lowest BCUT2D eigenvalue weighted by Crippen LogP contribution is -2.33. The number of benzene rings is 3. The zero-order valence-corrected chi connectivity index (χ0v) is 83.3. The molecule has 6 aliphatic heterocycles. The van der Waals surface area contributed by atoms with Crippen molar-refractivity contribution in [1.82, 2.24) is 107 Å². The average Bonchev–Trinajstić information content (AvgIpc) is 1.63. The number of aromatic nitrogens is 22. The molecule has 11 aromatic heterocycles. The van der Waals surface area contributed by atoms with Gasteiger partial charge in [-0.1, -0.05) is 66.7 Å². The molecule has 6 fully saturated rings. The molecule has 0 bridgehead atoms. The van der Waals surface area contributed by atoms with Crippen molar-refractivity contribution in [2.24, 2.45) is 0 Å². The summed E-state index contributed by atoms with van der Waals surface area (Å²) in [6.07, 6.45) is -19.1. The number of aliphatic hydroxyl groups is 1. The van der Waals surface area contributed by atoms with E-state index in [9.17, 15) is 72.0 Å². The third-order valence-electron chi connectivity index (χ3n) is 24.7. The van der Waals surface area contributed by atoms with Crippen LogP contribution in [0.3, 0.4) is 0 Å². The highest BCUT2D eigenvalue weighted by Gasteiger charge is 2.52. The monoisotopic (exact) mass is 2210 g/mol. The smallest absolute Gasteiger partial charge is 0.472 e. The first kappa shape index (κ1) is 104. The highest BCUT2D eigenvalue weighted by Crippen LogP contribution is 2.57. The van der Waals surface area contributed by atoms with E-state index in [-0.39, 0.29) is 143 Å². The number of phosphoric acid groups is 3. The van der Waals surface area contributed by atoms with Gasteiger partial charge in [-0.3, -0.25) is 103 Å². The van der Waals surface area contributed by atoms with Crippen LogP contribution in [0.1, 0.15) is 98.1 Å². The van der Waals surface area contributed by atoms with Gasteiger partial charge in [-0.2, -0.15) is 19.9 Å². The number of nitrogens with two attached hydrogens (primary N) is 5. The van der Waals surface area contributed by atoms with Crippen molar-refractivity contribution in [3.05, 3.63) is 208 Å². The Labute approximate surface area is 843 Å². The Kier molecular flexibility index (Phi) is 29.8. The molecule has 0 radical (unpaired) electrons. The van der Waals surface area contributed by atoms with E-state index in [2.05, 4.69) is 79.7 Å². The number of ether oxygens (including phenoxy) is 9. The minimum atomic E-state index is -5.66. The number of hydrogen-bond acceptors (Lipinski definition) is 47. The molecule has 17 heterocycles. The summed E-state index contributed by atoms with van der Waals surface area (Å²) in [6.45, 7) is -12.3. The number of aromatic amines is 5. The summed E-state index contributed by atoms with van der Waals surface area (Å²) in [6, 6.07) is 24.0. The van der Waals surface area contributed by atoms with E-state index in [1.807, 2.05) is 60.7 Å². The first-order chi connectivity index (χ1) is 71.2. The van der Waals surface area contributed by atoms with Crippen molar-refractivity contribution < 1.29 is 131 Å². The summed E-state index contributed by atoms with van der Waals surface area (Å²) < 4.78 is 167. The summed E-state index contributed by atoms with van der Waals surface area (Å²) >= 11 is 11.2. The molecule has 20 rings (SSSR count). The van der Waals surface area contributed by atoms with E-state index >= 15 is 0 Å². The van der Waals surface area contributed by atoms with Gasteiger partial charge < -0.3 is 119 Å². The lowest BCUT2D eigenvalue weighted by Gasteiger charge is -2.27. The number of phosphoric ester groups is 3. The van der Waals surface area contributed by atoms with Gasteiger partial charge in [0, 0.05) is 50.3 Å². The second-order valence-electron chi connectivity index (χ2n) is 34.8.